The second-order valence-corrected chi connectivity index (χ2v) is 6.05. The number of ether oxygens (including phenoxy) is 4. The van der Waals surface area contributed by atoms with Gasteiger partial charge in [-0.15, -0.1) is 0 Å². The van der Waals surface area contributed by atoms with Crippen LogP contribution < -0.4 is 14.2 Å². The first kappa shape index (κ1) is 19.5. The van der Waals surface area contributed by atoms with Crippen LogP contribution in [0.3, 0.4) is 0 Å². The van der Waals surface area contributed by atoms with Gasteiger partial charge in [-0.05, 0) is 37.3 Å². The van der Waals surface area contributed by atoms with Crippen molar-refractivity contribution in [3.63, 3.8) is 0 Å². The van der Waals surface area contributed by atoms with Crippen LogP contribution in [-0.4, -0.2) is 38.2 Å². The first-order valence-corrected chi connectivity index (χ1v) is 9.17. The summed E-state index contributed by atoms with van der Waals surface area (Å²) in [6.07, 6.45) is 3.67. The molecule has 0 aliphatic carbocycles. The van der Waals surface area contributed by atoms with Gasteiger partial charge in [0.1, 0.15) is 5.75 Å². The van der Waals surface area contributed by atoms with E-state index in [0.717, 1.165) is 12.0 Å². The molecule has 3 rings (SSSR count). The predicted octanol–water partition coefficient (Wildman–Crippen LogP) is 3.69. The van der Waals surface area contributed by atoms with Crippen LogP contribution >= 0.6 is 0 Å². The number of ketones is 1. The Morgan fingerprint density at radius 2 is 1.86 bits per heavy atom. The van der Waals surface area contributed by atoms with Gasteiger partial charge in [-0.25, -0.2) is 4.79 Å². The number of hydrogen-bond acceptors (Lipinski definition) is 6. The summed E-state index contributed by atoms with van der Waals surface area (Å²) in [6, 6.07) is 12.3. The second kappa shape index (κ2) is 9.60. The highest BCUT2D eigenvalue weighted by molar-refractivity contribution is 5.99. The second-order valence-electron chi connectivity index (χ2n) is 6.05. The van der Waals surface area contributed by atoms with Crippen LogP contribution in [0.25, 0.3) is 6.08 Å². The molecule has 28 heavy (non-hydrogen) atoms. The summed E-state index contributed by atoms with van der Waals surface area (Å²) in [4.78, 5) is 24.3. The molecule has 2 aromatic carbocycles. The molecule has 146 valence electrons. The van der Waals surface area contributed by atoms with Gasteiger partial charge in [0, 0.05) is 23.6 Å². The number of Topliss-reactive ketones (excluding diaryl/α,β-unsaturated/α-hetero) is 1. The number of carbonyl (C=O) groups is 2. The zero-order valence-corrected chi connectivity index (χ0v) is 15.7. The molecule has 0 bridgehead atoms. The van der Waals surface area contributed by atoms with Crippen molar-refractivity contribution in [1.82, 2.24) is 0 Å². The highest BCUT2D eigenvalue weighted by atomic mass is 16.5. The van der Waals surface area contributed by atoms with E-state index in [-0.39, 0.29) is 12.4 Å². The van der Waals surface area contributed by atoms with Crippen molar-refractivity contribution in [2.45, 2.75) is 13.3 Å². The molecule has 6 heteroatoms. The maximum atomic E-state index is 12.3. The van der Waals surface area contributed by atoms with Crippen LogP contribution in [0.5, 0.6) is 17.2 Å². The Kier molecular flexibility index (Phi) is 6.68. The number of para-hydroxylation sites is 1. The molecule has 0 aromatic heterocycles. The third-order valence-electron chi connectivity index (χ3n) is 4.03. The van der Waals surface area contributed by atoms with Crippen molar-refractivity contribution >= 4 is 17.8 Å². The Morgan fingerprint density at radius 3 is 2.68 bits per heavy atom. The number of carbonyl (C=O) groups excluding carboxylic acids is 2. The maximum Gasteiger partial charge on any atom is 0.331 e. The van der Waals surface area contributed by atoms with Gasteiger partial charge in [-0.2, -0.15) is 0 Å². The lowest BCUT2D eigenvalue weighted by molar-refractivity contribution is -0.136. The number of benzene rings is 2. The van der Waals surface area contributed by atoms with Crippen LogP contribution in [0, 0.1) is 0 Å². The molecule has 0 N–H and O–H groups in total. The Balaban J connectivity index is 1.57. The highest BCUT2D eigenvalue weighted by Gasteiger charge is 2.15. The average molecular weight is 382 g/mol. The predicted molar refractivity (Wildman–Crippen MR) is 104 cm³/mol. The molecular formula is C22H22O6. The lowest BCUT2D eigenvalue weighted by Gasteiger charge is -2.09. The molecule has 0 atom stereocenters. The summed E-state index contributed by atoms with van der Waals surface area (Å²) in [7, 11) is 0. The van der Waals surface area contributed by atoms with E-state index >= 15 is 0 Å². The summed E-state index contributed by atoms with van der Waals surface area (Å²) in [5.41, 5.74) is 1.17. The monoisotopic (exact) mass is 382 g/mol. The van der Waals surface area contributed by atoms with E-state index in [9.17, 15) is 9.59 Å². The molecule has 0 radical (unpaired) electrons. The highest BCUT2D eigenvalue weighted by Crippen LogP contribution is 2.30. The van der Waals surface area contributed by atoms with Crippen molar-refractivity contribution < 1.29 is 28.5 Å². The van der Waals surface area contributed by atoms with E-state index in [4.69, 9.17) is 18.9 Å². The molecule has 6 nitrogen and oxygen atoms in total. The van der Waals surface area contributed by atoms with Crippen molar-refractivity contribution in [2.75, 3.05) is 26.4 Å². The lowest BCUT2D eigenvalue weighted by Crippen LogP contribution is -2.12. The standard InChI is InChI=1S/C22H22O6/c1-2-25-19-7-4-3-6-16(19)9-11-22(24)28-15-18(23)17-8-10-20-21(14-17)27-13-5-12-26-20/h3-4,6-11,14H,2,5,12-13,15H2,1H3/b11-9+. The van der Waals surface area contributed by atoms with Gasteiger partial charge >= 0.3 is 5.97 Å². The van der Waals surface area contributed by atoms with E-state index in [2.05, 4.69) is 0 Å². The third kappa shape index (κ3) is 5.13. The summed E-state index contributed by atoms with van der Waals surface area (Å²) in [5.74, 6) is 0.905. The van der Waals surface area contributed by atoms with Crippen LogP contribution in [0.2, 0.25) is 0 Å². The smallest absolute Gasteiger partial charge is 0.331 e. The van der Waals surface area contributed by atoms with Crippen molar-refractivity contribution in [3.05, 3.63) is 59.7 Å². The molecule has 2 aromatic rings. The largest absolute Gasteiger partial charge is 0.493 e. The van der Waals surface area contributed by atoms with Gasteiger partial charge in [-0.1, -0.05) is 18.2 Å². The molecular weight excluding hydrogens is 360 g/mol. The Morgan fingerprint density at radius 1 is 1.07 bits per heavy atom. The Bertz CT molecular complexity index is 871. The van der Waals surface area contributed by atoms with Gasteiger partial charge in [-0.3, -0.25) is 4.79 Å². The topological polar surface area (TPSA) is 71.1 Å². The molecule has 0 spiro atoms. The van der Waals surface area contributed by atoms with Crippen LogP contribution in [0.4, 0.5) is 0 Å². The van der Waals surface area contributed by atoms with E-state index < -0.39 is 5.97 Å². The van der Waals surface area contributed by atoms with Crippen molar-refractivity contribution in [3.8, 4) is 17.2 Å². The zero-order valence-electron chi connectivity index (χ0n) is 15.7. The van der Waals surface area contributed by atoms with E-state index in [0.29, 0.717) is 42.6 Å². The fourth-order valence-electron chi connectivity index (χ4n) is 2.67. The fourth-order valence-corrected chi connectivity index (χ4v) is 2.67. The fraction of sp³-hybridized carbons (Fsp3) is 0.273. The SMILES string of the molecule is CCOc1ccccc1/C=C/C(=O)OCC(=O)c1ccc2c(c1)OCCCO2. The number of fused-ring (bicyclic) bond motifs is 1. The average Bonchev–Trinajstić information content (AvgIpc) is 2.96. The minimum absolute atomic E-state index is 0.313. The Hall–Kier alpha value is -3.28. The van der Waals surface area contributed by atoms with Gasteiger partial charge in [0.2, 0.25) is 0 Å². The minimum Gasteiger partial charge on any atom is -0.493 e. The normalized spacial score (nSPS) is 13.0. The number of esters is 1. The lowest BCUT2D eigenvalue weighted by atomic mass is 10.1. The first-order chi connectivity index (χ1) is 13.7. The summed E-state index contributed by atoms with van der Waals surface area (Å²) in [6.45, 7) is 3.18. The summed E-state index contributed by atoms with van der Waals surface area (Å²) >= 11 is 0. The molecule has 0 unspecified atom stereocenters. The van der Waals surface area contributed by atoms with E-state index in [1.165, 1.54) is 6.08 Å². The molecule has 0 saturated carbocycles. The van der Waals surface area contributed by atoms with Crippen LogP contribution in [0.15, 0.2) is 48.5 Å². The molecule has 1 aliphatic rings. The number of hydrogen-bond donors (Lipinski definition) is 0. The van der Waals surface area contributed by atoms with E-state index in [1.54, 1.807) is 24.3 Å². The summed E-state index contributed by atoms with van der Waals surface area (Å²) in [5, 5.41) is 0. The van der Waals surface area contributed by atoms with E-state index in [1.807, 2.05) is 31.2 Å². The maximum absolute atomic E-state index is 12.3. The van der Waals surface area contributed by atoms with Gasteiger partial charge in [0.25, 0.3) is 0 Å². The van der Waals surface area contributed by atoms with Gasteiger partial charge in [0.05, 0.1) is 19.8 Å². The third-order valence-corrected chi connectivity index (χ3v) is 4.03. The Labute approximate surface area is 163 Å². The molecule has 1 aliphatic heterocycles. The number of rotatable bonds is 7. The zero-order chi connectivity index (χ0) is 19.8. The molecule has 1 heterocycles. The van der Waals surface area contributed by atoms with Crippen molar-refractivity contribution in [2.24, 2.45) is 0 Å². The van der Waals surface area contributed by atoms with Gasteiger partial charge in [0.15, 0.2) is 23.9 Å². The van der Waals surface area contributed by atoms with Crippen LogP contribution in [-0.2, 0) is 9.53 Å². The molecule has 0 saturated heterocycles. The van der Waals surface area contributed by atoms with Crippen molar-refractivity contribution in [1.29, 1.82) is 0 Å². The molecule has 0 amide bonds. The van der Waals surface area contributed by atoms with Crippen LogP contribution in [0.1, 0.15) is 29.3 Å². The van der Waals surface area contributed by atoms with Gasteiger partial charge < -0.3 is 18.9 Å². The quantitative estimate of drug-likeness (QED) is 0.413. The minimum atomic E-state index is -0.603. The molecule has 0 fully saturated rings. The summed E-state index contributed by atoms with van der Waals surface area (Å²) < 4.78 is 21.7. The first-order valence-electron chi connectivity index (χ1n) is 9.17.